The Balaban J connectivity index is 1.35. The van der Waals surface area contributed by atoms with Crippen LogP contribution in [0.15, 0.2) is 36.2 Å². The molecule has 4 aliphatic rings. The van der Waals surface area contributed by atoms with Crippen molar-refractivity contribution in [2.45, 2.75) is 44.9 Å². The summed E-state index contributed by atoms with van der Waals surface area (Å²) < 4.78 is 34.2. The molecular weight excluding hydrogens is 418 g/mol. The van der Waals surface area contributed by atoms with E-state index >= 15 is 0 Å². The van der Waals surface area contributed by atoms with Gasteiger partial charge in [0.25, 0.3) is 5.91 Å². The number of nitrogens with zero attached hydrogens (tertiary/aromatic N) is 4. The van der Waals surface area contributed by atoms with E-state index in [9.17, 15) is 18.4 Å². The molecule has 32 heavy (non-hydrogen) atoms. The SMILES string of the molecule is Cc1cncc(C(=O)N2CCOC3(C)CCC(C4C5C=C(F)C=C(F)C54)N3C(=O)CC2)n1. The van der Waals surface area contributed by atoms with Gasteiger partial charge in [-0.1, -0.05) is 0 Å². The van der Waals surface area contributed by atoms with Gasteiger partial charge in [0.1, 0.15) is 23.1 Å². The predicted octanol–water partition coefficient (Wildman–Crippen LogP) is 2.94. The van der Waals surface area contributed by atoms with Crippen molar-refractivity contribution < 1.29 is 23.1 Å². The first-order valence-corrected chi connectivity index (χ1v) is 11.1. The van der Waals surface area contributed by atoms with E-state index in [0.717, 1.165) is 6.08 Å². The molecule has 3 fully saturated rings. The summed E-state index contributed by atoms with van der Waals surface area (Å²) in [6.45, 7) is 4.46. The zero-order valence-corrected chi connectivity index (χ0v) is 18.1. The average molecular weight is 444 g/mol. The number of rotatable bonds is 2. The number of hydrogen-bond donors (Lipinski definition) is 0. The number of carbonyl (C=O) groups excluding carboxylic acids is 2. The maximum Gasteiger partial charge on any atom is 0.274 e. The van der Waals surface area contributed by atoms with Crippen LogP contribution in [0.25, 0.3) is 0 Å². The Bertz CT molecular complexity index is 1030. The van der Waals surface area contributed by atoms with Gasteiger partial charge >= 0.3 is 0 Å². The molecule has 0 radical (unpaired) electrons. The maximum atomic E-state index is 14.3. The molecule has 7 nitrogen and oxygen atoms in total. The third-order valence-corrected chi connectivity index (χ3v) is 7.17. The van der Waals surface area contributed by atoms with E-state index in [4.69, 9.17) is 4.74 Å². The molecule has 2 aliphatic carbocycles. The second kappa shape index (κ2) is 7.72. The minimum absolute atomic E-state index is 0.130. The number of carbonyl (C=O) groups is 2. The van der Waals surface area contributed by atoms with Crippen LogP contribution in [0, 0.1) is 24.7 Å². The summed E-state index contributed by atoms with van der Waals surface area (Å²) in [5.41, 5.74) is 0.0542. The number of hydrogen-bond acceptors (Lipinski definition) is 5. The molecular formula is C23H26F2N4O3. The van der Waals surface area contributed by atoms with Gasteiger partial charge < -0.3 is 14.5 Å². The van der Waals surface area contributed by atoms with Crippen molar-refractivity contribution in [3.05, 3.63) is 47.6 Å². The minimum Gasteiger partial charge on any atom is -0.354 e. The highest BCUT2D eigenvalue weighted by atomic mass is 19.1. The lowest BCUT2D eigenvalue weighted by atomic mass is 10.1. The van der Waals surface area contributed by atoms with Crippen molar-refractivity contribution in [3.8, 4) is 0 Å². The van der Waals surface area contributed by atoms with Gasteiger partial charge in [-0.3, -0.25) is 14.6 Å². The summed E-state index contributed by atoms with van der Waals surface area (Å²) in [7, 11) is 0. The number of allylic oxidation sites excluding steroid dienone is 4. The van der Waals surface area contributed by atoms with Gasteiger partial charge in [-0.15, -0.1) is 0 Å². The molecule has 5 rings (SSSR count). The van der Waals surface area contributed by atoms with Crippen molar-refractivity contribution in [1.29, 1.82) is 0 Å². The van der Waals surface area contributed by atoms with E-state index < -0.39 is 17.4 Å². The fourth-order valence-electron chi connectivity index (χ4n) is 5.64. The molecule has 0 N–H and O–H groups in total. The largest absolute Gasteiger partial charge is 0.354 e. The summed E-state index contributed by atoms with van der Waals surface area (Å²) in [4.78, 5) is 37.9. The van der Waals surface area contributed by atoms with Crippen LogP contribution >= 0.6 is 0 Å². The normalized spacial score (nSPS) is 34.6. The highest BCUT2D eigenvalue weighted by Crippen LogP contribution is 2.60. The molecule has 1 aromatic rings. The van der Waals surface area contributed by atoms with E-state index in [1.54, 1.807) is 22.9 Å². The molecule has 5 unspecified atom stereocenters. The average Bonchev–Trinajstić information content (AvgIpc) is 3.34. The fourth-order valence-corrected chi connectivity index (χ4v) is 5.64. The Hall–Kier alpha value is -2.68. The van der Waals surface area contributed by atoms with E-state index in [1.807, 2.05) is 6.92 Å². The number of fused-ring (bicyclic) bond motifs is 2. The van der Waals surface area contributed by atoms with Crippen LogP contribution in [0.4, 0.5) is 8.78 Å². The highest BCUT2D eigenvalue weighted by molar-refractivity contribution is 5.92. The van der Waals surface area contributed by atoms with Gasteiger partial charge in [0.2, 0.25) is 5.91 Å². The topological polar surface area (TPSA) is 75.6 Å². The predicted molar refractivity (Wildman–Crippen MR) is 110 cm³/mol. The Labute approximate surface area is 185 Å². The van der Waals surface area contributed by atoms with Crippen molar-refractivity contribution in [3.63, 3.8) is 0 Å². The molecule has 0 spiro atoms. The molecule has 1 aromatic heterocycles. The van der Waals surface area contributed by atoms with Crippen LogP contribution in [-0.4, -0.2) is 63.0 Å². The van der Waals surface area contributed by atoms with Gasteiger partial charge in [0, 0.05) is 43.7 Å². The summed E-state index contributed by atoms with van der Waals surface area (Å²) in [6, 6.07) is -0.214. The Morgan fingerprint density at radius 3 is 2.88 bits per heavy atom. The summed E-state index contributed by atoms with van der Waals surface area (Å²) in [5, 5.41) is 0. The molecule has 0 bridgehead atoms. The van der Waals surface area contributed by atoms with Crippen molar-refractivity contribution in [1.82, 2.24) is 19.8 Å². The Morgan fingerprint density at radius 1 is 1.28 bits per heavy atom. The highest BCUT2D eigenvalue weighted by Gasteiger charge is 2.62. The van der Waals surface area contributed by atoms with Crippen LogP contribution in [0.2, 0.25) is 0 Å². The molecule has 2 amide bonds. The number of aromatic nitrogens is 2. The molecule has 2 aliphatic heterocycles. The second-order valence-electron chi connectivity index (χ2n) is 9.24. The van der Waals surface area contributed by atoms with Crippen LogP contribution in [0.5, 0.6) is 0 Å². The van der Waals surface area contributed by atoms with Crippen LogP contribution in [0.3, 0.4) is 0 Å². The molecule has 170 valence electrons. The van der Waals surface area contributed by atoms with Crippen LogP contribution in [0.1, 0.15) is 42.4 Å². The van der Waals surface area contributed by atoms with Crippen molar-refractivity contribution in [2.24, 2.45) is 17.8 Å². The molecule has 9 heteroatoms. The third kappa shape index (κ3) is 3.52. The third-order valence-electron chi connectivity index (χ3n) is 7.17. The molecule has 0 aromatic carbocycles. The Morgan fingerprint density at radius 2 is 2.09 bits per heavy atom. The van der Waals surface area contributed by atoms with Crippen molar-refractivity contribution in [2.75, 3.05) is 19.7 Å². The number of halogens is 2. The number of amides is 2. The zero-order chi connectivity index (χ0) is 22.6. The minimum atomic E-state index is -0.821. The quantitative estimate of drug-likeness (QED) is 0.701. The zero-order valence-electron chi connectivity index (χ0n) is 18.1. The number of aryl methyl sites for hydroxylation is 1. The van der Waals surface area contributed by atoms with Crippen molar-refractivity contribution >= 4 is 11.8 Å². The summed E-state index contributed by atoms with van der Waals surface area (Å²) >= 11 is 0. The van der Waals surface area contributed by atoms with E-state index in [1.165, 1.54) is 12.3 Å². The maximum absolute atomic E-state index is 14.3. The Kier molecular flexibility index (Phi) is 5.11. The lowest BCUT2D eigenvalue weighted by Crippen LogP contribution is -2.51. The van der Waals surface area contributed by atoms with Gasteiger partial charge in [0.15, 0.2) is 0 Å². The summed E-state index contributed by atoms with van der Waals surface area (Å²) in [5.74, 6) is -2.14. The smallest absolute Gasteiger partial charge is 0.274 e. The lowest BCUT2D eigenvalue weighted by molar-refractivity contribution is -0.166. The molecule has 3 heterocycles. The first-order chi connectivity index (χ1) is 15.3. The monoisotopic (exact) mass is 444 g/mol. The second-order valence-corrected chi connectivity index (χ2v) is 9.24. The van der Waals surface area contributed by atoms with E-state index in [2.05, 4.69) is 9.97 Å². The molecule has 2 saturated heterocycles. The van der Waals surface area contributed by atoms with Gasteiger partial charge in [0.05, 0.1) is 18.5 Å². The van der Waals surface area contributed by atoms with Gasteiger partial charge in [-0.2, -0.15) is 0 Å². The summed E-state index contributed by atoms with van der Waals surface area (Å²) in [6.07, 6.45) is 6.85. The van der Waals surface area contributed by atoms with Crippen LogP contribution in [-0.2, 0) is 9.53 Å². The van der Waals surface area contributed by atoms with E-state index in [0.29, 0.717) is 25.1 Å². The van der Waals surface area contributed by atoms with E-state index in [-0.39, 0.29) is 60.9 Å². The standard InChI is InChI=1S/C23H26F2N4O3/c1-13-11-26-12-17(27-13)22(31)28-6-4-19(30)29-18(3-5-23(29,2)32-8-7-28)21-15-9-14(24)10-16(25)20(15)21/h9-12,15,18,20-21H,3-8H2,1-2H3. The van der Waals surface area contributed by atoms with Crippen LogP contribution < -0.4 is 0 Å². The van der Waals surface area contributed by atoms with Gasteiger partial charge in [-0.25, -0.2) is 13.8 Å². The first kappa shape index (κ1) is 21.2. The fraction of sp³-hybridized carbons (Fsp3) is 0.565. The molecule has 5 atom stereocenters. The lowest BCUT2D eigenvalue weighted by Gasteiger charge is -2.38. The van der Waals surface area contributed by atoms with Gasteiger partial charge in [-0.05, 0) is 44.6 Å². The number of ether oxygens (including phenoxy) is 1. The first-order valence-electron chi connectivity index (χ1n) is 11.1. The molecule has 1 saturated carbocycles.